The number of aromatic nitrogens is 4. The molecule has 0 N–H and O–H groups in total. The van der Waals surface area contributed by atoms with Crippen LogP contribution in [0.1, 0.15) is 30.3 Å². The number of hydrogen-bond donors (Lipinski definition) is 0. The maximum atomic E-state index is 13.1. The summed E-state index contributed by atoms with van der Waals surface area (Å²) >= 11 is 4.59. The fraction of sp³-hybridized carbons (Fsp3) is 0.294. The lowest BCUT2D eigenvalue weighted by Gasteiger charge is -2.15. The highest BCUT2D eigenvalue weighted by Gasteiger charge is 2.20. The summed E-state index contributed by atoms with van der Waals surface area (Å²) in [6.07, 6.45) is 1.57. The number of nitrogens with zero attached hydrogens (tertiary/aromatic N) is 4. The summed E-state index contributed by atoms with van der Waals surface area (Å²) < 4.78 is 1.77. The van der Waals surface area contributed by atoms with Crippen LogP contribution in [0.25, 0.3) is 20.4 Å². The van der Waals surface area contributed by atoms with Crippen molar-refractivity contribution in [2.45, 2.75) is 43.9 Å². The van der Waals surface area contributed by atoms with E-state index in [1.807, 2.05) is 39.1 Å². The maximum Gasteiger partial charge on any atom is 0.263 e. The zero-order chi connectivity index (χ0) is 17.7. The lowest BCUT2D eigenvalue weighted by Crippen LogP contribution is -2.24. The van der Waals surface area contributed by atoms with Crippen LogP contribution in [0.4, 0.5) is 0 Å². The van der Waals surface area contributed by atoms with Gasteiger partial charge in [-0.1, -0.05) is 0 Å². The van der Waals surface area contributed by atoms with Crippen LogP contribution in [0.5, 0.6) is 0 Å². The van der Waals surface area contributed by atoms with E-state index >= 15 is 0 Å². The fourth-order valence-corrected chi connectivity index (χ4v) is 5.70. The van der Waals surface area contributed by atoms with Crippen molar-refractivity contribution in [2.24, 2.45) is 0 Å². The highest BCUT2D eigenvalue weighted by molar-refractivity contribution is 7.99. The molecular weight excluding hydrogens is 372 g/mol. The van der Waals surface area contributed by atoms with Gasteiger partial charge in [-0.15, -0.1) is 22.7 Å². The van der Waals surface area contributed by atoms with Gasteiger partial charge in [-0.3, -0.25) is 9.36 Å². The minimum Gasteiger partial charge on any atom is -0.284 e. The number of hydrogen-bond acceptors (Lipinski definition) is 7. The second-order valence-corrected chi connectivity index (χ2v) is 9.10. The molecule has 0 fully saturated rings. The van der Waals surface area contributed by atoms with E-state index in [0.717, 1.165) is 35.9 Å². The first-order chi connectivity index (χ1) is 12.0. The highest BCUT2D eigenvalue weighted by atomic mass is 32.2. The predicted octanol–water partition coefficient (Wildman–Crippen LogP) is 4.81. The monoisotopic (exact) mass is 388 g/mol. The fourth-order valence-electron chi connectivity index (χ4n) is 2.75. The summed E-state index contributed by atoms with van der Waals surface area (Å²) in [7, 11) is 0. The molecule has 0 saturated carbocycles. The Morgan fingerprint density at radius 2 is 2.00 bits per heavy atom. The molecular formula is C17H16N4OS3. The molecule has 25 heavy (non-hydrogen) atoms. The molecule has 0 bridgehead atoms. The van der Waals surface area contributed by atoms with E-state index in [1.54, 1.807) is 33.6 Å². The van der Waals surface area contributed by atoms with Gasteiger partial charge in [0.25, 0.3) is 5.56 Å². The quantitative estimate of drug-likeness (QED) is 0.372. The summed E-state index contributed by atoms with van der Waals surface area (Å²) in [6.45, 7) is 8.04. The average Bonchev–Trinajstić information content (AvgIpc) is 3.13. The van der Waals surface area contributed by atoms with Gasteiger partial charge in [-0.2, -0.15) is 0 Å². The van der Waals surface area contributed by atoms with Crippen molar-refractivity contribution < 1.29 is 0 Å². The minimum absolute atomic E-state index is 0.0197. The van der Waals surface area contributed by atoms with Crippen LogP contribution in [-0.2, 0) is 0 Å². The van der Waals surface area contributed by atoms with Crippen molar-refractivity contribution in [3.05, 3.63) is 38.6 Å². The van der Waals surface area contributed by atoms with Gasteiger partial charge in [0.2, 0.25) is 0 Å². The zero-order valence-electron chi connectivity index (χ0n) is 14.2. The van der Waals surface area contributed by atoms with Gasteiger partial charge in [0.1, 0.15) is 21.0 Å². The van der Waals surface area contributed by atoms with E-state index in [1.165, 1.54) is 11.8 Å². The summed E-state index contributed by atoms with van der Waals surface area (Å²) in [5.74, 6) is 0. The van der Waals surface area contributed by atoms with E-state index in [4.69, 9.17) is 4.98 Å². The van der Waals surface area contributed by atoms with Crippen molar-refractivity contribution in [3.8, 4) is 0 Å². The van der Waals surface area contributed by atoms with Crippen LogP contribution in [0.2, 0.25) is 0 Å². The van der Waals surface area contributed by atoms with E-state index < -0.39 is 0 Å². The molecule has 0 radical (unpaired) electrons. The summed E-state index contributed by atoms with van der Waals surface area (Å²) in [4.78, 5) is 29.5. The van der Waals surface area contributed by atoms with Crippen LogP contribution in [0.15, 0.2) is 32.8 Å². The normalized spacial score (nSPS) is 11.9. The SMILES string of the molecule is Cc1sc2nc(Sc3ncnc4sccc34)n(C(C)C)c(=O)c2c1C. The Bertz CT molecular complexity index is 1160. The van der Waals surface area contributed by atoms with Crippen molar-refractivity contribution in [1.82, 2.24) is 19.5 Å². The van der Waals surface area contributed by atoms with E-state index in [2.05, 4.69) is 9.97 Å². The average molecular weight is 389 g/mol. The Morgan fingerprint density at radius 1 is 1.20 bits per heavy atom. The highest BCUT2D eigenvalue weighted by Crippen LogP contribution is 2.35. The molecule has 8 heteroatoms. The molecule has 0 aromatic carbocycles. The molecule has 5 nitrogen and oxygen atoms in total. The van der Waals surface area contributed by atoms with Crippen molar-refractivity contribution >= 4 is 54.9 Å². The zero-order valence-corrected chi connectivity index (χ0v) is 16.7. The van der Waals surface area contributed by atoms with Gasteiger partial charge in [-0.25, -0.2) is 15.0 Å². The number of thiophene rings is 2. The third-order valence-electron chi connectivity index (χ3n) is 4.13. The molecule has 128 valence electrons. The lowest BCUT2D eigenvalue weighted by molar-refractivity contribution is 0.519. The van der Waals surface area contributed by atoms with Crippen LogP contribution in [-0.4, -0.2) is 19.5 Å². The molecule has 0 aliphatic carbocycles. The third kappa shape index (κ3) is 2.68. The number of fused-ring (bicyclic) bond motifs is 2. The van der Waals surface area contributed by atoms with Gasteiger partial charge >= 0.3 is 0 Å². The standard InChI is InChI=1S/C17H16N4OS3/c1-8(2)21-16(22)12-9(3)10(4)24-15(12)20-17(21)25-14-11-5-6-23-13(11)18-7-19-14/h5-8H,1-4H3. The number of rotatable bonds is 3. The molecule has 0 amide bonds. The van der Waals surface area contributed by atoms with Crippen LogP contribution in [0, 0.1) is 13.8 Å². The van der Waals surface area contributed by atoms with Gasteiger partial charge in [0.15, 0.2) is 5.16 Å². The Balaban J connectivity index is 1.96. The largest absolute Gasteiger partial charge is 0.284 e. The molecule has 0 unspecified atom stereocenters. The summed E-state index contributed by atoms with van der Waals surface area (Å²) in [6, 6.07) is 2.03. The van der Waals surface area contributed by atoms with Crippen molar-refractivity contribution in [3.63, 3.8) is 0 Å². The minimum atomic E-state index is 0.0197. The molecule has 0 atom stereocenters. The molecule has 4 heterocycles. The van der Waals surface area contributed by atoms with Crippen LogP contribution >= 0.6 is 34.4 Å². The Kier molecular flexibility index (Phi) is 4.13. The van der Waals surface area contributed by atoms with Crippen molar-refractivity contribution in [1.29, 1.82) is 0 Å². The van der Waals surface area contributed by atoms with Gasteiger partial charge in [0, 0.05) is 16.3 Å². The Hall–Kier alpha value is -1.77. The molecule has 0 spiro atoms. The first kappa shape index (κ1) is 16.7. The Morgan fingerprint density at radius 3 is 2.76 bits per heavy atom. The summed E-state index contributed by atoms with van der Waals surface area (Å²) in [5, 5.41) is 5.25. The van der Waals surface area contributed by atoms with Crippen molar-refractivity contribution in [2.75, 3.05) is 0 Å². The molecule has 4 rings (SSSR count). The van der Waals surface area contributed by atoms with Gasteiger partial charge in [0.05, 0.1) is 5.39 Å². The first-order valence-electron chi connectivity index (χ1n) is 7.85. The lowest BCUT2D eigenvalue weighted by atomic mass is 10.2. The molecule has 0 aliphatic rings. The second-order valence-electron chi connectivity index (χ2n) is 6.05. The van der Waals surface area contributed by atoms with E-state index in [9.17, 15) is 4.79 Å². The first-order valence-corrected chi connectivity index (χ1v) is 10.4. The van der Waals surface area contributed by atoms with E-state index in [-0.39, 0.29) is 11.6 Å². The molecule has 0 saturated heterocycles. The number of aryl methyl sites for hydroxylation is 2. The maximum absolute atomic E-state index is 13.1. The second kappa shape index (κ2) is 6.19. The molecule has 4 aromatic heterocycles. The smallest absolute Gasteiger partial charge is 0.263 e. The van der Waals surface area contributed by atoms with Crippen LogP contribution < -0.4 is 5.56 Å². The van der Waals surface area contributed by atoms with Gasteiger partial charge < -0.3 is 0 Å². The summed E-state index contributed by atoms with van der Waals surface area (Å²) in [5.41, 5.74) is 1.06. The molecule has 4 aromatic rings. The van der Waals surface area contributed by atoms with Crippen LogP contribution in [0.3, 0.4) is 0 Å². The predicted molar refractivity (Wildman–Crippen MR) is 105 cm³/mol. The molecule has 0 aliphatic heterocycles. The topological polar surface area (TPSA) is 60.7 Å². The third-order valence-corrected chi connectivity index (χ3v) is 7.04. The Labute approximate surface area is 156 Å². The van der Waals surface area contributed by atoms with E-state index in [0.29, 0.717) is 5.16 Å². The van der Waals surface area contributed by atoms with Gasteiger partial charge in [-0.05, 0) is 56.5 Å².